The average Bonchev–Trinajstić information content (AvgIpc) is 3.58. The van der Waals surface area contributed by atoms with Crippen LogP contribution in [0.25, 0.3) is 55.8 Å². The van der Waals surface area contributed by atoms with Gasteiger partial charge in [0.2, 0.25) is 10.0 Å². The lowest BCUT2D eigenvalue weighted by molar-refractivity contribution is 0.0964. The van der Waals surface area contributed by atoms with Crippen LogP contribution < -0.4 is 14.4 Å². The van der Waals surface area contributed by atoms with Crippen LogP contribution in [0.1, 0.15) is 15.9 Å². The zero-order valence-corrected chi connectivity index (χ0v) is 25.4. The minimum absolute atomic E-state index is 0.00491. The Hall–Kier alpha value is -5.23. The number of furan rings is 1. The Morgan fingerprint density at radius 3 is 2.53 bits per heavy atom. The molecule has 0 radical (unpaired) electrons. The predicted octanol–water partition coefficient (Wildman–Crippen LogP) is 6.48. The summed E-state index contributed by atoms with van der Waals surface area (Å²) < 4.78 is 70.4. The fourth-order valence-electron chi connectivity index (χ4n) is 5.73. The molecule has 0 saturated carbocycles. The molecule has 6 aromatic rings. The molecule has 0 atom stereocenters. The summed E-state index contributed by atoms with van der Waals surface area (Å²) in [5.74, 6) is -0.990. The van der Waals surface area contributed by atoms with Gasteiger partial charge >= 0.3 is 0 Å². The van der Waals surface area contributed by atoms with Gasteiger partial charge in [0.25, 0.3) is 5.91 Å². The molecule has 12 heteroatoms. The van der Waals surface area contributed by atoms with E-state index in [1.165, 1.54) is 38.4 Å². The Kier molecular flexibility index (Phi) is 6.44. The summed E-state index contributed by atoms with van der Waals surface area (Å²) in [6.45, 7) is 1.91. The molecule has 7 rings (SSSR count). The molecule has 228 valence electrons. The third-order valence-electron chi connectivity index (χ3n) is 8.08. The highest BCUT2D eigenvalue weighted by molar-refractivity contribution is 7.92. The lowest BCUT2D eigenvalue weighted by Gasteiger charge is -2.23. The fourth-order valence-corrected chi connectivity index (χ4v) is 6.24. The molecule has 1 aliphatic heterocycles. The molecule has 0 aliphatic carbocycles. The molecule has 0 saturated heterocycles. The van der Waals surface area contributed by atoms with E-state index < -0.39 is 21.7 Å². The second-order valence-electron chi connectivity index (χ2n) is 10.9. The average molecular weight is 629 g/mol. The van der Waals surface area contributed by atoms with Crippen molar-refractivity contribution in [2.75, 3.05) is 24.7 Å². The molecular formula is C33H26F2N4O5S. The summed E-state index contributed by atoms with van der Waals surface area (Å²) in [7, 11) is -0.928. The predicted molar refractivity (Wildman–Crippen MR) is 168 cm³/mol. The Morgan fingerprint density at radius 1 is 1.00 bits per heavy atom. The van der Waals surface area contributed by atoms with Gasteiger partial charge in [0.05, 0.1) is 40.0 Å². The molecule has 9 nitrogen and oxygen atoms in total. The molecule has 1 amide bonds. The number of nitrogens with one attached hydrogen (secondary N) is 1. The summed E-state index contributed by atoms with van der Waals surface area (Å²) in [5, 5.41) is 3.34. The maximum atomic E-state index is 15.2. The number of fused-ring (bicyclic) bond motifs is 6. The normalized spacial score (nSPS) is 12.6. The minimum Gasteiger partial charge on any atom is -0.470 e. The first kappa shape index (κ1) is 28.5. The first-order valence-corrected chi connectivity index (χ1v) is 15.8. The number of pyridine rings is 1. The van der Waals surface area contributed by atoms with Gasteiger partial charge in [-0.05, 0) is 61.0 Å². The lowest BCUT2D eigenvalue weighted by atomic mass is 10.00. The number of ether oxygens (including phenoxy) is 1. The third-order valence-corrected chi connectivity index (χ3v) is 9.28. The fraction of sp³-hybridized carbons (Fsp3) is 0.152. The number of anilines is 1. The molecular weight excluding hydrogens is 602 g/mol. The van der Waals surface area contributed by atoms with Crippen molar-refractivity contribution in [3.63, 3.8) is 0 Å². The number of halogens is 2. The summed E-state index contributed by atoms with van der Waals surface area (Å²) in [4.78, 5) is 18.1. The van der Waals surface area contributed by atoms with Crippen LogP contribution in [0.15, 0.2) is 71.1 Å². The minimum atomic E-state index is -3.78. The first-order chi connectivity index (χ1) is 21.5. The molecule has 0 fully saturated rings. The van der Waals surface area contributed by atoms with Crippen molar-refractivity contribution < 1.29 is 31.1 Å². The number of carbonyl (C=O) groups is 1. The van der Waals surface area contributed by atoms with Gasteiger partial charge in [-0.2, -0.15) is 0 Å². The van der Waals surface area contributed by atoms with E-state index in [0.717, 1.165) is 10.6 Å². The Balaban J connectivity index is 1.50. The van der Waals surface area contributed by atoms with E-state index in [2.05, 4.69) is 5.32 Å². The number of aromatic nitrogens is 2. The van der Waals surface area contributed by atoms with Gasteiger partial charge in [-0.3, -0.25) is 9.10 Å². The van der Waals surface area contributed by atoms with Crippen LogP contribution >= 0.6 is 0 Å². The van der Waals surface area contributed by atoms with E-state index in [-0.39, 0.29) is 40.7 Å². The van der Waals surface area contributed by atoms with Gasteiger partial charge in [-0.25, -0.2) is 22.2 Å². The topological polar surface area (TPSA) is 107 Å². The number of amides is 1. The zero-order chi connectivity index (χ0) is 31.8. The molecule has 4 heterocycles. The number of hydrogen-bond donors (Lipinski definition) is 1. The van der Waals surface area contributed by atoms with Crippen LogP contribution in [0, 0.1) is 18.6 Å². The van der Waals surface area contributed by atoms with Gasteiger partial charge in [-0.15, -0.1) is 0 Å². The van der Waals surface area contributed by atoms with E-state index in [4.69, 9.17) is 14.1 Å². The molecule has 45 heavy (non-hydrogen) atoms. The van der Waals surface area contributed by atoms with E-state index in [0.29, 0.717) is 50.2 Å². The molecule has 0 unspecified atom stereocenters. The second kappa shape index (κ2) is 10.2. The third kappa shape index (κ3) is 4.51. The Bertz CT molecular complexity index is 2330. The number of nitrogens with zero attached hydrogens (tertiary/aromatic N) is 3. The van der Waals surface area contributed by atoms with E-state index >= 15 is 4.39 Å². The van der Waals surface area contributed by atoms with Crippen LogP contribution in [-0.4, -0.2) is 44.2 Å². The largest absolute Gasteiger partial charge is 0.470 e. The highest BCUT2D eigenvalue weighted by Gasteiger charge is 2.29. The molecule has 0 spiro atoms. The maximum Gasteiger partial charge on any atom is 0.255 e. The first-order valence-electron chi connectivity index (χ1n) is 13.9. The van der Waals surface area contributed by atoms with E-state index in [1.54, 1.807) is 49.4 Å². The lowest BCUT2D eigenvalue weighted by Crippen LogP contribution is -2.25. The molecule has 1 aliphatic rings. The van der Waals surface area contributed by atoms with Crippen LogP contribution in [-0.2, 0) is 16.8 Å². The van der Waals surface area contributed by atoms with Crippen LogP contribution in [0.2, 0.25) is 0 Å². The highest BCUT2D eigenvalue weighted by Crippen LogP contribution is 2.44. The molecule has 3 aromatic heterocycles. The van der Waals surface area contributed by atoms with Gasteiger partial charge in [0.1, 0.15) is 28.7 Å². The summed E-state index contributed by atoms with van der Waals surface area (Å²) in [5.41, 5.74) is 3.68. The van der Waals surface area contributed by atoms with Gasteiger partial charge in [-0.1, -0.05) is 12.1 Å². The molecule has 0 bridgehead atoms. The van der Waals surface area contributed by atoms with Crippen molar-refractivity contribution in [1.82, 2.24) is 14.9 Å². The van der Waals surface area contributed by atoms with Crippen molar-refractivity contribution in [2.24, 2.45) is 0 Å². The maximum absolute atomic E-state index is 15.2. The van der Waals surface area contributed by atoms with Gasteiger partial charge in [0.15, 0.2) is 12.5 Å². The number of rotatable bonds is 5. The van der Waals surface area contributed by atoms with E-state index in [1.807, 2.05) is 4.57 Å². The number of aryl methyl sites for hydroxylation is 1. The Labute approximate surface area is 256 Å². The van der Waals surface area contributed by atoms with Gasteiger partial charge < -0.3 is 19.0 Å². The van der Waals surface area contributed by atoms with Crippen molar-refractivity contribution in [3.8, 4) is 39.7 Å². The SMILES string of the molecule is CNC(=O)c1c(-c2ccc(C)cc2F)oc2cc(N(C)S(C)(=O)=O)c(-c3ccc4c(n3)-c3cc5c(F)cccc5n3CO4)cc12. The monoisotopic (exact) mass is 628 g/mol. The van der Waals surface area contributed by atoms with Crippen molar-refractivity contribution >= 4 is 43.5 Å². The number of carbonyl (C=O) groups excluding carboxylic acids is 1. The van der Waals surface area contributed by atoms with E-state index in [9.17, 15) is 17.6 Å². The van der Waals surface area contributed by atoms with Gasteiger partial charge in [0, 0.05) is 36.5 Å². The van der Waals surface area contributed by atoms with Crippen molar-refractivity contribution in [3.05, 3.63) is 89.5 Å². The summed E-state index contributed by atoms with van der Waals surface area (Å²) in [6.07, 6.45) is 1.06. The molecule has 1 N–H and O–H groups in total. The Morgan fingerprint density at radius 2 is 1.80 bits per heavy atom. The van der Waals surface area contributed by atoms with Crippen LogP contribution in [0.4, 0.5) is 14.5 Å². The number of hydrogen-bond acceptors (Lipinski definition) is 6. The second-order valence-corrected chi connectivity index (χ2v) is 12.9. The number of sulfonamides is 1. The zero-order valence-electron chi connectivity index (χ0n) is 24.6. The van der Waals surface area contributed by atoms with Crippen LogP contribution in [0.5, 0.6) is 5.75 Å². The van der Waals surface area contributed by atoms with Crippen molar-refractivity contribution in [2.45, 2.75) is 13.7 Å². The van der Waals surface area contributed by atoms with Crippen molar-refractivity contribution in [1.29, 1.82) is 0 Å². The standard InChI is InChI=1S/C33H26F2N4O5S/c1-17-8-9-18(23(35)12-17)32-30(33(40)36-2)21-13-20(26(15-29(21)44-32)38(3)45(4,41)42)24-10-11-28-31(37-24)27-14-19-22(34)6-5-7-25(19)39(27)16-43-28/h5-15H,16H2,1-4H3,(H,36,40). The quantitative estimate of drug-likeness (QED) is 0.234. The summed E-state index contributed by atoms with van der Waals surface area (Å²) in [6, 6.07) is 17.6. The van der Waals surface area contributed by atoms with Crippen LogP contribution in [0.3, 0.4) is 0 Å². The molecule has 3 aromatic carbocycles. The smallest absolute Gasteiger partial charge is 0.255 e. The highest BCUT2D eigenvalue weighted by atomic mass is 32.2. The number of benzene rings is 3. The summed E-state index contributed by atoms with van der Waals surface area (Å²) >= 11 is 0.